The summed E-state index contributed by atoms with van der Waals surface area (Å²) in [5, 5.41) is 12.3. The van der Waals surface area contributed by atoms with Gasteiger partial charge in [0.25, 0.3) is 0 Å². The van der Waals surface area contributed by atoms with E-state index in [1.165, 1.54) is 11.8 Å². The Morgan fingerprint density at radius 3 is 2.88 bits per heavy atom. The van der Waals surface area contributed by atoms with Gasteiger partial charge < -0.3 is 19.4 Å². The van der Waals surface area contributed by atoms with Crippen molar-refractivity contribution in [2.75, 3.05) is 17.9 Å². The lowest BCUT2D eigenvalue weighted by Crippen LogP contribution is -2.14. The van der Waals surface area contributed by atoms with Crippen LogP contribution in [0.5, 0.6) is 11.5 Å². The molecular weight excluding hydrogens is 340 g/mol. The van der Waals surface area contributed by atoms with Crippen LogP contribution in [0, 0.1) is 0 Å². The van der Waals surface area contributed by atoms with E-state index in [1.807, 2.05) is 0 Å². The smallest absolute Gasteiger partial charge is 0.234 e. The number of hydrogen-bond acceptors (Lipinski definition) is 6. The molecule has 1 aliphatic heterocycles. The van der Waals surface area contributed by atoms with Gasteiger partial charge in [0.15, 0.2) is 16.7 Å². The number of benzene rings is 1. The van der Waals surface area contributed by atoms with E-state index in [0.29, 0.717) is 29.1 Å². The molecular formula is C17H20N4O3S. The topological polar surface area (TPSA) is 78.3 Å². The standard InChI is InChI=1S/C17H20N4O3S/c1-10(2)16-19-20-17(21(16)12-4-5-12)25-8-15(22)18-11-3-6-13-14(7-11)24-9-23-13/h3,6-7,10,12H,4-5,8-9H2,1-2H3,(H,18,22). The SMILES string of the molecule is CC(C)c1nnc(SCC(=O)Nc2ccc3c(c2)OCO3)n1C1CC1. The van der Waals surface area contributed by atoms with E-state index < -0.39 is 0 Å². The largest absolute Gasteiger partial charge is 0.454 e. The van der Waals surface area contributed by atoms with Crippen molar-refractivity contribution in [2.45, 2.75) is 43.8 Å². The Hall–Kier alpha value is -2.22. The van der Waals surface area contributed by atoms with E-state index in [4.69, 9.17) is 9.47 Å². The average molecular weight is 360 g/mol. The molecule has 1 N–H and O–H groups in total. The third kappa shape index (κ3) is 3.44. The summed E-state index contributed by atoms with van der Waals surface area (Å²) in [7, 11) is 0. The summed E-state index contributed by atoms with van der Waals surface area (Å²) in [6.07, 6.45) is 2.32. The Labute approximate surface area is 150 Å². The summed E-state index contributed by atoms with van der Waals surface area (Å²) in [4.78, 5) is 12.3. The number of rotatable bonds is 6. The quantitative estimate of drug-likeness (QED) is 0.797. The number of nitrogens with zero attached hydrogens (tertiary/aromatic N) is 3. The third-order valence-electron chi connectivity index (χ3n) is 4.11. The minimum Gasteiger partial charge on any atom is -0.454 e. The van der Waals surface area contributed by atoms with Crippen LogP contribution in [0.3, 0.4) is 0 Å². The molecule has 0 atom stereocenters. The van der Waals surface area contributed by atoms with Gasteiger partial charge in [0, 0.05) is 23.7 Å². The molecule has 1 aliphatic carbocycles. The van der Waals surface area contributed by atoms with Gasteiger partial charge in [-0.15, -0.1) is 10.2 Å². The van der Waals surface area contributed by atoms with Crippen LogP contribution in [0.25, 0.3) is 0 Å². The molecule has 25 heavy (non-hydrogen) atoms. The molecule has 0 saturated heterocycles. The Kier molecular flexibility index (Phi) is 4.29. The van der Waals surface area contributed by atoms with Crippen molar-refractivity contribution < 1.29 is 14.3 Å². The van der Waals surface area contributed by atoms with Crippen LogP contribution in [0.15, 0.2) is 23.4 Å². The first-order valence-electron chi connectivity index (χ1n) is 8.39. The van der Waals surface area contributed by atoms with Gasteiger partial charge in [-0.25, -0.2) is 0 Å². The van der Waals surface area contributed by atoms with Gasteiger partial charge in [-0.1, -0.05) is 25.6 Å². The normalized spacial score (nSPS) is 15.6. The third-order valence-corrected chi connectivity index (χ3v) is 5.05. The maximum Gasteiger partial charge on any atom is 0.234 e. The van der Waals surface area contributed by atoms with Crippen LogP contribution in [0.1, 0.15) is 44.5 Å². The van der Waals surface area contributed by atoms with Crippen LogP contribution < -0.4 is 14.8 Å². The summed E-state index contributed by atoms with van der Waals surface area (Å²) < 4.78 is 12.8. The molecule has 2 aromatic rings. The fourth-order valence-corrected chi connectivity index (χ4v) is 3.57. The number of nitrogens with one attached hydrogen (secondary N) is 1. The summed E-state index contributed by atoms with van der Waals surface area (Å²) in [5.41, 5.74) is 0.696. The van der Waals surface area contributed by atoms with Crippen LogP contribution in [0.2, 0.25) is 0 Å². The van der Waals surface area contributed by atoms with E-state index >= 15 is 0 Å². The van der Waals surface area contributed by atoms with Crippen LogP contribution in [-0.4, -0.2) is 33.2 Å². The average Bonchev–Trinajstić information content (AvgIpc) is 3.16. The first-order chi connectivity index (χ1) is 12.1. The molecule has 0 radical (unpaired) electrons. The number of amides is 1. The van der Waals surface area contributed by atoms with Crippen LogP contribution in [0.4, 0.5) is 5.69 Å². The molecule has 0 bridgehead atoms. The predicted molar refractivity (Wildman–Crippen MR) is 94.3 cm³/mol. The summed E-state index contributed by atoms with van der Waals surface area (Å²) >= 11 is 1.43. The van der Waals surface area contributed by atoms with Gasteiger partial charge in [0.05, 0.1) is 5.75 Å². The fraction of sp³-hybridized carbons (Fsp3) is 0.471. The Morgan fingerprint density at radius 1 is 1.32 bits per heavy atom. The maximum absolute atomic E-state index is 12.3. The van der Waals surface area contributed by atoms with E-state index in [1.54, 1.807) is 18.2 Å². The van der Waals surface area contributed by atoms with Crippen molar-refractivity contribution in [1.29, 1.82) is 0 Å². The second kappa shape index (κ2) is 6.59. The zero-order valence-corrected chi connectivity index (χ0v) is 15.0. The first kappa shape index (κ1) is 16.3. The van der Waals surface area contributed by atoms with Gasteiger partial charge in [-0.3, -0.25) is 4.79 Å². The minimum absolute atomic E-state index is 0.0830. The highest BCUT2D eigenvalue weighted by Crippen LogP contribution is 2.40. The number of aromatic nitrogens is 3. The van der Waals surface area contributed by atoms with Crippen molar-refractivity contribution in [1.82, 2.24) is 14.8 Å². The molecule has 1 aromatic carbocycles. The van der Waals surface area contributed by atoms with Crippen LogP contribution >= 0.6 is 11.8 Å². The molecule has 4 rings (SSSR count). The highest BCUT2D eigenvalue weighted by Gasteiger charge is 2.30. The number of anilines is 1. The Morgan fingerprint density at radius 2 is 2.12 bits per heavy atom. The lowest BCUT2D eigenvalue weighted by Gasteiger charge is -2.10. The highest BCUT2D eigenvalue weighted by atomic mass is 32.2. The van der Waals surface area contributed by atoms with E-state index in [2.05, 4.69) is 33.9 Å². The number of carbonyl (C=O) groups excluding carboxylic acids is 1. The Bertz CT molecular complexity index is 801. The minimum atomic E-state index is -0.0830. The number of thioether (sulfide) groups is 1. The van der Waals surface area contributed by atoms with Crippen molar-refractivity contribution in [3.05, 3.63) is 24.0 Å². The van der Waals surface area contributed by atoms with Crippen molar-refractivity contribution in [3.63, 3.8) is 0 Å². The van der Waals surface area contributed by atoms with Crippen molar-refractivity contribution >= 4 is 23.4 Å². The molecule has 1 aromatic heterocycles. The summed E-state index contributed by atoms with van der Waals surface area (Å²) in [6, 6.07) is 5.87. The number of fused-ring (bicyclic) bond motifs is 1. The Balaban J connectivity index is 1.39. The second-order valence-corrected chi connectivity index (χ2v) is 7.44. The molecule has 7 nitrogen and oxygen atoms in total. The number of ether oxygens (including phenoxy) is 2. The molecule has 8 heteroatoms. The molecule has 1 fully saturated rings. The predicted octanol–water partition coefficient (Wildman–Crippen LogP) is 3.20. The van der Waals surface area contributed by atoms with Gasteiger partial charge >= 0.3 is 0 Å². The van der Waals surface area contributed by atoms with Gasteiger partial charge in [-0.2, -0.15) is 0 Å². The molecule has 1 saturated carbocycles. The lowest BCUT2D eigenvalue weighted by molar-refractivity contribution is -0.113. The summed E-state index contributed by atoms with van der Waals surface area (Å²) in [5.74, 6) is 2.88. The van der Waals surface area contributed by atoms with Gasteiger partial charge in [0.2, 0.25) is 12.7 Å². The molecule has 2 heterocycles. The lowest BCUT2D eigenvalue weighted by atomic mass is 10.2. The number of carbonyl (C=O) groups is 1. The molecule has 2 aliphatic rings. The van der Waals surface area contributed by atoms with Gasteiger partial charge in [0.1, 0.15) is 5.82 Å². The van der Waals surface area contributed by atoms with Crippen molar-refractivity contribution in [3.8, 4) is 11.5 Å². The first-order valence-corrected chi connectivity index (χ1v) is 9.37. The van der Waals surface area contributed by atoms with E-state index in [0.717, 1.165) is 23.8 Å². The fourth-order valence-electron chi connectivity index (χ4n) is 2.76. The van der Waals surface area contributed by atoms with Crippen molar-refractivity contribution in [2.24, 2.45) is 0 Å². The molecule has 0 spiro atoms. The van der Waals surface area contributed by atoms with Gasteiger partial charge in [-0.05, 0) is 25.0 Å². The highest BCUT2D eigenvalue weighted by molar-refractivity contribution is 7.99. The molecule has 0 unspecified atom stereocenters. The zero-order valence-electron chi connectivity index (χ0n) is 14.2. The second-order valence-electron chi connectivity index (χ2n) is 6.50. The number of hydrogen-bond donors (Lipinski definition) is 1. The van der Waals surface area contributed by atoms with E-state index in [9.17, 15) is 4.79 Å². The van der Waals surface area contributed by atoms with E-state index in [-0.39, 0.29) is 18.5 Å². The monoisotopic (exact) mass is 360 g/mol. The van der Waals surface area contributed by atoms with Crippen LogP contribution in [-0.2, 0) is 4.79 Å². The summed E-state index contributed by atoms with van der Waals surface area (Å²) in [6.45, 7) is 4.45. The zero-order chi connectivity index (χ0) is 17.4. The maximum atomic E-state index is 12.3. The molecule has 1 amide bonds. The molecule has 132 valence electrons.